The zero-order valence-corrected chi connectivity index (χ0v) is 11.8. The fourth-order valence-electron chi connectivity index (χ4n) is 2.25. The number of rotatable bonds is 3. The molecule has 0 radical (unpaired) electrons. The quantitative estimate of drug-likeness (QED) is 0.808. The monoisotopic (exact) mass is 321 g/mol. The van der Waals surface area contributed by atoms with Crippen LogP contribution in [0.4, 0.5) is 8.78 Å². The standard InChI is InChI=1S/C12H13F2NO5S/c1-20-12(17)10-5-7(16)6-15(10)21(18,19)11-8(13)3-2-4-9(11)14/h2-4,7,10,16H,5-6H2,1H3. The predicted molar refractivity (Wildman–Crippen MR) is 66.7 cm³/mol. The summed E-state index contributed by atoms with van der Waals surface area (Å²) >= 11 is 0. The van der Waals surface area contributed by atoms with Crippen LogP contribution in [0.5, 0.6) is 0 Å². The fraction of sp³-hybridized carbons (Fsp3) is 0.417. The Bertz CT molecular complexity index is 643. The lowest BCUT2D eigenvalue weighted by atomic mass is 10.2. The molecule has 1 aromatic carbocycles. The van der Waals surface area contributed by atoms with E-state index in [-0.39, 0.29) is 6.42 Å². The number of halogens is 2. The largest absolute Gasteiger partial charge is 0.468 e. The second-order valence-corrected chi connectivity index (χ2v) is 6.38. The molecule has 0 aliphatic carbocycles. The molecule has 1 heterocycles. The van der Waals surface area contributed by atoms with Crippen molar-refractivity contribution in [2.24, 2.45) is 0 Å². The lowest BCUT2D eigenvalue weighted by Gasteiger charge is -2.22. The van der Waals surface area contributed by atoms with E-state index in [2.05, 4.69) is 4.74 Å². The number of carbonyl (C=O) groups is 1. The van der Waals surface area contributed by atoms with Crippen LogP contribution in [-0.2, 0) is 19.6 Å². The van der Waals surface area contributed by atoms with Crippen LogP contribution in [0.2, 0.25) is 0 Å². The van der Waals surface area contributed by atoms with E-state index in [0.29, 0.717) is 4.31 Å². The predicted octanol–water partition coefficient (Wildman–Crippen LogP) is 0.262. The van der Waals surface area contributed by atoms with Crippen LogP contribution >= 0.6 is 0 Å². The average molecular weight is 321 g/mol. The number of ether oxygens (including phenoxy) is 1. The normalized spacial score (nSPS) is 23.2. The minimum absolute atomic E-state index is 0.192. The Balaban J connectivity index is 2.50. The molecule has 6 nitrogen and oxygen atoms in total. The van der Waals surface area contributed by atoms with Crippen LogP contribution < -0.4 is 0 Å². The molecule has 0 bridgehead atoms. The lowest BCUT2D eigenvalue weighted by Crippen LogP contribution is -2.41. The maximum atomic E-state index is 13.7. The van der Waals surface area contributed by atoms with Crippen molar-refractivity contribution < 1.29 is 31.8 Å². The Morgan fingerprint density at radius 2 is 1.95 bits per heavy atom. The molecule has 1 N–H and O–H groups in total. The molecule has 0 amide bonds. The highest BCUT2D eigenvalue weighted by molar-refractivity contribution is 7.89. The Morgan fingerprint density at radius 3 is 2.48 bits per heavy atom. The van der Waals surface area contributed by atoms with Crippen molar-refractivity contribution in [3.05, 3.63) is 29.8 Å². The van der Waals surface area contributed by atoms with Crippen LogP contribution in [0.3, 0.4) is 0 Å². The molecule has 1 aromatic rings. The summed E-state index contributed by atoms with van der Waals surface area (Å²) in [5.41, 5.74) is 0. The molecule has 21 heavy (non-hydrogen) atoms. The Morgan fingerprint density at radius 1 is 1.38 bits per heavy atom. The van der Waals surface area contributed by atoms with Crippen LogP contribution in [0.1, 0.15) is 6.42 Å². The number of β-amino-alcohol motifs (C(OH)–C–C–N with tert-alkyl or cyclic N) is 1. The second-order valence-electron chi connectivity index (χ2n) is 4.55. The fourth-order valence-corrected chi connectivity index (χ4v) is 3.99. The third-order valence-corrected chi connectivity index (χ3v) is 5.12. The van der Waals surface area contributed by atoms with E-state index in [1.165, 1.54) is 0 Å². The van der Waals surface area contributed by atoms with E-state index in [1.807, 2.05) is 0 Å². The van der Waals surface area contributed by atoms with E-state index in [4.69, 9.17) is 0 Å². The Hall–Kier alpha value is -1.58. The molecule has 0 saturated carbocycles. The molecular weight excluding hydrogens is 308 g/mol. The first-order valence-electron chi connectivity index (χ1n) is 6.00. The van der Waals surface area contributed by atoms with Gasteiger partial charge in [-0.1, -0.05) is 6.07 Å². The summed E-state index contributed by atoms with van der Waals surface area (Å²) in [6.07, 6.45) is -1.30. The van der Waals surface area contributed by atoms with Gasteiger partial charge in [0, 0.05) is 13.0 Å². The number of sulfonamides is 1. The van der Waals surface area contributed by atoms with Gasteiger partial charge in [-0.05, 0) is 12.1 Å². The van der Waals surface area contributed by atoms with Crippen molar-refractivity contribution in [3.8, 4) is 0 Å². The molecule has 2 atom stereocenters. The van der Waals surface area contributed by atoms with E-state index in [1.54, 1.807) is 0 Å². The van der Waals surface area contributed by atoms with Crippen molar-refractivity contribution >= 4 is 16.0 Å². The van der Waals surface area contributed by atoms with E-state index in [9.17, 15) is 27.1 Å². The van der Waals surface area contributed by atoms with Gasteiger partial charge >= 0.3 is 5.97 Å². The smallest absolute Gasteiger partial charge is 0.324 e. The van der Waals surface area contributed by atoms with Gasteiger partial charge in [-0.25, -0.2) is 17.2 Å². The molecule has 0 spiro atoms. The molecule has 9 heteroatoms. The van der Waals surface area contributed by atoms with Crippen LogP contribution in [0, 0.1) is 11.6 Å². The first-order chi connectivity index (χ1) is 9.78. The first kappa shape index (κ1) is 15.8. The highest BCUT2D eigenvalue weighted by atomic mass is 32.2. The van der Waals surface area contributed by atoms with Gasteiger partial charge in [0.25, 0.3) is 0 Å². The van der Waals surface area contributed by atoms with E-state index in [0.717, 1.165) is 25.3 Å². The van der Waals surface area contributed by atoms with E-state index >= 15 is 0 Å². The SMILES string of the molecule is COC(=O)C1CC(O)CN1S(=O)(=O)c1c(F)cccc1F. The zero-order chi connectivity index (χ0) is 15.8. The summed E-state index contributed by atoms with van der Waals surface area (Å²) < 4.78 is 57.1. The third kappa shape index (κ3) is 2.76. The van der Waals surface area contributed by atoms with Gasteiger partial charge < -0.3 is 9.84 Å². The van der Waals surface area contributed by atoms with Crippen molar-refractivity contribution in [3.63, 3.8) is 0 Å². The molecule has 1 aliphatic heterocycles. The number of benzene rings is 1. The summed E-state index contributed by atoms with van der Waals surface area (Å²) in [6.45, 7) is -0.435. The number of aliphatic hydroxyl groups excluding tert-OH is 1. The first-order valence-corrected chi connectivity index (χ1v) is 7.44. The van der Waals surface area contributed by atoms with Gasteiger partial charge in [0.05, 0.1) is 13.2 Å². The zero-order valence-electron chi connectivity index (χ0n) is 11.0. The van der Waals surface area contributed by atoms with Crippen molar-refractivity contribution in [1.82, 2.24) is 4.31 Å². The summed E-state index contributed by atoms with van der Waals surface area (Å²) in [6, 6.07) is 1.32. The molecule has 1 aliphatic rings. The number of methoxy groups -OCH3 is 1. The van der Waals surface area contributed by atoms with Gasteiger partial charge in [-0.3, -0.25) is 4.79 Å². The molecule has 1 fully saturated rings. The van der Waals surface area contributed by atoms with Crippen molar-refractivity contribution in [2.45, 2.75) is 23.5 Å². The molecule has 116 valence electrons. The van der Waals surface area contributed by atoms with Gasteiger partial charge in [0.2, 0.25) is 10.0 Å². The minimum atomic E-state index is -4.61. The highest BCUT2D eigenvalue weighted by Crippen LogP contribution is 2.29. The number of nitrogens with zero attached hydrogens (tertiary/aromatic N) is 1. The highest BCUT2D eigenvalue weighted by Gasteiger charge is 2.45. The van der Waals surface area contributed by atoms with Crippen LogP contribution in [-0.4, -0.2) is 49.6 Å². The summed E-state index contributed by atoms with van der Waals surface area (Å²) in [5, 5.41) is 9.56. The van der Waals surface area contributed by atoms with Crippen molar-refractivity contribution in [2.75, 3.05) is 13.7 Å². The van der Waals surface area contributed by atoms with Gasteiger partial charge in [0.15, 0.2) is 4.90 Å². The summed E-state index contributed by atoms with van der Waals surface area (Å²) in [5.74, 6) is -3.42. The average Bonchev–Trinajstić information content (AvgIpc) is 2.80. The maximum Gasteiger partial charge on any atom is 0.324 e. The number of hydrogen-bond donors (Lipinski definition) is 1. The van der Waals surface area contributed by atoms with Gasteiger partial charge in [0.1, 0.15) is 17.7 Å². The summed E-state index contributed by atoms with van der Waals surface area (Å²) in [4.78, 5) is 10.4. The van der Waals surface area contributed by atoms with Gasteiger partial charge in [-0.2, -0.15) is 4.31 Å². The van der Waals surface area contributed by atoms with Gasteiger partial charge in [-0.15, -0.1) is 0 Å². The Labute approximate surface area is 120 Å². The molecular formula is C12H13F2NO5S. The maximum absolute atomic E-state index is 13.7. The number of esters is 1. The van der Waals surface area contributed by atoms with Crippen LogP contribution in [0.15, 0.2) is 23.1 Å². The minimum Gasteiger partial charge on any atom is -0.468 e. The second kappa shape index (κ2) is 5.66. The van der Waals surface area contributed by atoms with E-state index < -0.39 is 51.2 Å². The topological polar surface area (TPSA) is 83.9 Å². The third-order valence-electron chi connectivity index (χ3n) is 3.19. The Kier molecular flexibility index (Phi) is 4.26. The molecule has 2 rings (SSSR count). The number of aliphatic hydroxyl groups is 1. The lowest BCUT2D eigenvalue weighted by molar-refractivity contribution is -0.144. The molecule has 2 unspecified atom stereocenters. The molecule has 1 saturated heterocycles. The molecule has 0 aromatic heterocycles. The van der Waals surface area contributed by atoms with Crippen molar-refractivity contribution in [1.29, 1.82) is 0 Å². The number of hydrogen-bond acceptors (Lipinski definition) is 5. The summed E-state index contributed by atoms with van der Waals surface area (Å²) in [7, 11) is -3.56. The number of carbonyl (C=O) groups excluding carboxylic acids is 1. The van der Waals surface area contributed by atoms with Crippen LogP contribution in [0.25, 0.3) is 0 Å².